The van der Waals surface area contributed by atoms with Crippen LogP contribution in [0.2, 0.25) is 0 Å². The molecule has 1 aromatic heterocycles. The molecule has 1 aromatic carbocycles. The number of ether oxygens (including phenoxy) is 1. The van der Waals surface area contributed by atoms with Gasteiger partial charge in [0, 0.05) is 6.42 Å². The summed E-state index contributed by atoms with van der Waals surface area (Å²) in [6.07, 6.45) is 1.89. The number of sulfonamides is 1. The molecule has 0 amide bonds. The molecule has 2 atom stereocenters. The van der Waals surface area contributed by atoms with Crippen molar-refractivity contribution in [2.75, 3.05) is 30.0 Å². The first kappa shape index (κ1) is 24.7. The molecule has 1 unspecified atom stereocenters. The number of aromatic nitrogens is 3. The van der Waals surface area contributed by atoms with Gasteiger partial charge < -0.3 is 15.2 Å². The average Bonchev–Trinajstić information content (AvgIpc) is 2.65. The molecule has 3 N–H and O–H groups in total. The van der Waals surface area contributed by atoms with Crippen LogP contribution >= 0.6 is 0 Å². The van der Waals surface area contributed by atoms with Crippen LogP contribution in [0, 0.1) is 11.7 Å². The Morgan fingerprint density at radius 3 is 2.42 bits per heavy atom. The summed E-state index contributed by atoms with van der Waals surface area (Å²) in [7, 11) is -2.22. The molecule has 2 aromatic rings. The first-order valence-electron chi connectivity index (χ1n) is 9.94. The Kier molecular flexibility index (Phi) is 8.52. The number of halogens is 1. The Labute approximate surface area is 182 Å². The van der Waals surface area contributed by atoms with Gasteiger partial charge in [-0.2, -0.15) is 15.0 Å². The topological polar surface area (TPSA) is 126 Å². The van der Waals surface area contributed by atoms with Crippen molar-refractivity contribution in [1.29, 1.82) is 0 Å². The van der Waals surface area contributed by atoms with Crippen molar-refractivity contribution in [1.82, 2.24) is 15.0 Å². The molecule has 1 heterocycles. The van der Waals surface area contributed by atoms with Gasteiger partial charge >= 0.3 is 0 Å². The lowest BCUT2D eigenvalue weighted by atomic mass is 9.96. The predicted octanol–water partition coefficient (Wildman–Crippen LogP) is 2.56. The number of methoxy groups -OCH3 is 1. The molecular weight excluding hydrogens is 425 g/mol. The maximum atomic E-state index is 14.6. The van der Waals surface area contributed by atoms with Gasteiger partial charge in [-0.15, -0.1) is 0 Å². The van der Waals surface area contributed by atoms with Crippen molar-refractivity contribution in [3.8, 4) is 5.75 Å². The maximum Gasteiger partial charge on any atom is 0.241 e. The number of nitrogens with zero attached hydrogens (tertiary/aromatic N) is 3. The quantitative estimate of drug-likeness (QED) is 0.472. The van der Waals surface area contributed by atoms with Gasteiger partial charge in [-0.1, -0.05) is 32.9 Å². The SMILES string of the molecule is COc1cccc(C(C)Cc2nc(N[C@@H](CO)CC(C)C)nc(NS(C)(=O)=O)n2)c1F. The monoisotopic (exact) mass is 455 g/mol. The van der Waals surface area contributed by atoms with E-state index in [1.807, 2.05) is 20.8 Å². The molecule has 172 valence electrons. The molecule has 0 saturated heterocycles. The number of hydrogen-bond acceptors (Lipinski definition) is 8. The zero-order chi connectivity index (χ0) is 23.2. The molecular formula is C20H30FN5O4S. The molecule has 0 radical (unpaired) electrons. The Morgan fingerprint density at radius 1 is 1.16 bits per heavy atom. The fraction of sp³-hybridized carbons (Fsp3) is 0.550. The summed E-state index contributed by atoms with van der Waals surface area (Å²) in [5.41, 5.74) is 0.430. The molecule has 0 aliphatic rings. The van der Waals surface area contributed by atoms with Crippen LogP contribution in [0.4, 0.5) is 16.3 Å². The van der Waals surface area contributed by atoms with Crippen LogP contribution in [0.3, 0.4) is 0 Å². The molecule has 0 aliphatic heterocycles. The maximum absolute atomic E-state index is 14.6. The van der Waals surface area contributed by atoms with E-state index in [-0.39, 0.29) is 48.5 Å². The number of nitrogens with one attached hydrogen (secondary N) is 2. The normalized spacial score (nSPS) is 13.7. The smallest absolute Gasteiger partial charge is 0.241 e. The fourth-order valence-corrected chi connectivity index (χ4v) is 3.59. The highest BCUT2D eigenvalue weighted by atomic mass is 32.2. The minimum Gasteiger partial charge on any atom is -0.494 e. The largest absolute Gasteiger partial charge is 0.494 e. The molecule has 9 nitrogen and oxygen atoms in total. The summed E-state index contributed by atoms with van der Waals surface area (Å²) in [5, 5.41) is 12.7. The third-order valence-corrected chi connectivity index (χ3v) is 5.05. The van der Waals surface area contributed by atoms with Gasteiger partial charge in [-0.3, -0.25) is 4.72 Å². The minimum atomic E-state index is -3.62. The van der Waals surface area contributed by atoms with Gasteiger partial charge in [0.25, 0.3) is 0 Å². The Bertz CT molecular complexity index is 988. The summed E-state index contributed by atoms with van der Waals surface area (Å²) >= 11 is 0. The van der Waals surface area contributed by atoms with Crippen molar-refractivity contribution in [3.63, 3.8) is 0 Å². The van der Waals surface area contributed by atoms with E-state index in [4.69, 9.17) is 4.74 Å². The van der Waals surface area contributed by atoms with E-state index in [0.717, 1.165) is 6.26 Å². The van der Waals surface area contributed by atoms with Crippen molar-refractivity contribution in [3.05, 3.63) is 35.4 Å². The van der Waals surface area contributed by atoms with Gasteiger partial charge in [0.2, 0.25) is 21.9 Å². The Balaban J connectivity index is 2.35. The second-order valence-corrected chi connectivity index (χ2v) is 9.64. The van der Waals surface area contributed by atoms with Crippen LogP contribution in [0.5, 0.6) is 5.75 Å². The lowest BCUT2D eigenvalue weighted by Crippen LogP contribution is -2.27. The standard InChI is InChI=1S/C20H30FN5O4S/c1-12(2)9-14(11-27)22-19-23-17(24-20(25-19)26-31(5,28)29)10-13(3)15-7-6-8-16(30-4)18(15)21/h6-8,12-14,27H,9-11H2,1-5H3,(H2,22,23,24,25,26)/t13?,14-/m1/s1. The van der Waals surface area contributed by atoms with Gasteiger partial charge in [0.05, 0.1) is 26.0 Å². The van der Waals surface area contributed by atoms with Crippen LogP contribution in [0.25, 0.3) is 0 Å². The lowest BCUT2D eigenvalue weighted by Gasteiger charge is -2.19. The van der Waals surface area contributed by atoms with Gasteiger partial charge in [0.15, 0.2) is 11.6 Å². The highest BCUT2D eigenvalue weighted by Crippen LogP contribution is 2.28. The highest BCUT2D eigenvalue weighted by molar-refractivity contribution is 7.91. The number of hydrogen-bond donors (Lipinski definition) is 3. The number of anilines is 2. The van der Waals surface area contributed by atoms with E-state index in [1.54, 1.807) is 12.1 Å². The molecule has 0 bridgehead atoms. The van der Waals surface area contributed by atoms with Gasteiger partial charge in [-0.05, 0) is 29.9 Å². The van der Waals surface area contributed by atoms with E-state index in [1.165, 1.54) is 13.2 Å². The first-order valence-corrected chi connectivity index (χ1v) is 11.8. The summed E-state index contributed by atoms with van der Waals surface area (Å²) in [6, 6.07) is 4.58. The first-order chi connectivity index (χ1) is 14.5. The van der Waals surface area contributed by atoms with Crippen LogP contribution in [-0.2, 0) is 16.4 Å². The second-order valence-electron chi connectivity index (χ2n) is 7.90. The van der Waals surface area contributed by atoms with E-state index in [2.05, 4.69) is 25.0 Å². The Hall–Kier alpha value is -2.53. The third kappa shape index (κ3) is 7.59. The van der Waals surface area contributed by atoms with Crippen molar-refractivity contribution < 1.29 is 22.7 Å². The van der Waals surface area contributed by atoms with Crippen LogP contribution in [-0.4, -0.2) is 54.5 Å². The van der Waals surface area contributed by atoms with E-state index in [0.29, 0.717) is 17.9 Å². The molecule has 2 rings (SSSR count). The number of rotatable bonds is 11. The van der Waals surface area contributed by atoms with E-state index in [9.17, 15) is 17.9 Å². The van der Waals surface area contributed by atoms with Gasteiger partial charge in [0.1, 0.15) is 5.82 Å². The molecule has 31 heavy (non-hydrogen) atoms. The number of aliphatic hydroxyl groups excluding tert-OH is 1. The summed E-state index contributed by atoms with van der Waals surface area (Å²) in [4.78, 5) is 12.7. The summed E-state index contributed by atoms with van der Waals surface area (Å²) in [5.74, 6) is -0.0578. The van der Waals surface area contributed by atoms with Crippen molar-refractivity contribution in [2.45, 2.75) is 45.6 Å². The molecule has 11 heteroatoms. The number of aliphatic hydroxyl groups is 1. The summed E-state index contributed by atoms with van der Waals surface area (Å²) < 4.78 is 45.3. The molecule has 0 aliphatic carbocycles. The van der Waals surface area contributed by atoms with Crippen molar-refractivity contribution >= 4 is 21.9 Å². The third-order valence-electron chi connectivity index (χ3n) is 4.50. The van der Waals surface area contributed by atoms with E-state index >= 15 is 0 Å². The van der Waals surface area contributed by atoms with Crippen LogP contribution < -0.4 is 14.8 Å². The van der Waals surface area contributed by atoms with Crippen LogP contribution in [0.15, 0.2) is 18.2 Å². The molecule has 0 saturated carbocycles. The predicted molar refractivity (Wildman–Crippen MR) is 117 cm³/mol. The van der Waals surface area contributed by atoms with Crippen LogP contribution in [0.1, 0.15) is 44.5 Å². The lowest BCUT2D eigenvalue weighted by molar-refractivity contribution is 0.259. The molecule has 0 fully saturated rings. The minimum absolute atomic E-state index is 0.133. The zero-order valence-corrected chi connectivity index (χ0v) is 19.2. The number of benzene rings is 1. The summed E-state index contributed by atoms with van der Waals surface area (Å²) in [6.45, 7) is 5.71. The average molecular weight is 456 g/mol. The Morgan fingerprint density at radius 2 is 1.84 bits per heavy atom. The van der Waals surface area contributed by atoms with Gasteiger partial charge in [-0.25, -0.2) is 12.8 Å². The fourth-order valence-electron chi connectivity index (χ4n) is 3.17. The van der Waals surface area contributed by atoms with Crippen molar-refractivity contribution in [2.24, 2.45) is 5.92 Å². The second kappa shape index (κ2) is 10.7. The molecule has 0 spiro atoms. The van der Waals surface area contributed by atoms with E-state index < -0.39 is 15.8 Å². The zero-order valence-electron chi connectivity index (χ0n) is 18.4. The highest BCUT2D eigenvalue weighted by Gasteiger charge is 2.19.